The number of hydrogen-bond donors (Lipinski definition) is 6. The number of aromatic hydroxyl groups is 1. The maximum Gasteiger partial charge on any atom is 0.293 e. The second kappa shape index (κ2) is 59.3. The molecule has 4 aromatic carbocycles. The zero-order valence-electron chi connectivity index (χ0n) is 69.6. The molecule has 0 aliphatic carbocycles. The molecule has 6 aliphatic heterocycles. The average Bonchev–Trinajstić information content (AvgIpc) is 0.848. The van der Waals surface area contributed by atoms with E-state index in [9.17, 15) is 25.0 Å². The number of benzene rings is 4. The van der Waals surface area contributed by atoms with Gasteiger partial charge < -0.3 is 88.9 Å². The van der Waals surface area contributed by atoms with Crippen LogP contribution in [0.15, 0.2) is 97.3 Å². The Morgan fingerprint density at radius 1 is 0.568 bits per heavy atom. The molecule has 6 saturated heterocycles. The summed E-state index contributed by atoms with van der Waals surface area (Å²) in [4.78, 5) is 56.1. The summed E-state index contributed by atoms with van der Waals surface area (Å²) < 4.78 is 63.7. The normalized spacial score (nSPS) is 16.0. The highest BCUT2D eigenvalue weighted by molar-refractivity contribution is 6.28. The Bertz CT molecular complexity index is 3720. The third-order valence-corrected chi connectivity index (χ3v) is 19.5. The van der Waals surface area contributed by atoms with E-state index in [1.54, 1.807) is 44.8 Å². The molecule has 0 spiro atoms. The second-order valence-electron chi connectivity index (χ2n) is 28.8. The van der Waals surface area contributed by atoms with E-state index in [2.05, 4.69) is 65.5 Å². The number of non-ortho nitro benzene ring substituents is 2. The Morgan fingerprint density at radius 3 is 1.44 bits per heavy atom. The van der Waals surface area contributed by atoms with Gasteiger partial charge in [0, 0.05) is 138 Å². The van der Waals surface area contributed by atoms with Crippen molar-refractivity contribution in [1.29, 1.82) is 0 Å². The molecule has 7 N–H and O–H groups in total. The number of phenolic OH excluding ortho intramolecular Hbond substituents is 1. The molecule has 2 aromatic heterocycles. The average molecular weight is 1720 g/mol. The molecular weight excluding hydrogens is 1590 g/mol. The number of anilines is 4. The fourth-order valence-electron chi connectivity index (χ4n) is 12.5. The molecule has 6 aromatic rings. The van der Waals surface area contributed by atoms with Crippen LogP contribution in [0.1, 0.15) is 84.3 Å². The minimum atomic E-state index is -0.584. The molecular formula is C82H126Cl3N15O18. The van der Waals surface area contributed by atoms with Crippen LogP contribution in [0.25, 0.3) is 0 Å². The van der Waals surface area contributed by atoms with Crippen molar-refractivity contribution in [3.05, 3.63) is 129 Å². The second-order valence-corrected chi connectivity index (χ2v) is 29.5. The summed E-state index contributed by atoms with van der Waals surface area (Å²) in [6, 6.07) is 23.1. The van der Waals surface area contributed by atoms with E-state index in [0.717, 1.165) is 237 Å². The number of hydrogen-bond acceptors (Lipinski definition) is 31. The number of phenols is 1. The summed E-state index contributed by atoms with van der Waals surface area (Å²) in [6.07, 6.45) is 14.6. The number of nitrogen functional groups attached to an aromatic ring is 1. The standard InChI is InChI=1S/C24H36N6O3.C14H20N2O5.C14H22N2O3.C11H16ClN3.C7H14ClNO.C7H7NO4.C5H10O2.ClH/c1-31-21-4-3-20(17-22(21)33-14-2-11-30-12-15-32-16-13-30)28-24-26-10-7-23(29-24)27-18-19-5-8-25-9-6-19;1-19-13-4-3-12(16(17)18)11-14(13)21-8-2-5-15-6-9-20-10-7-15;1-17-13-4-3-12(15)11-14(13)19-8-2-5-16-6-9-18-10-7-16;12-11-14-8-5-10(15-11)2-1-9-3-6-13-7-4-9;8-2-1-3-9-4-6-10-7-5-9;1-12-7-3-2-5(8(10)11)4-6(7)9;1-5(2,3)7-4-6;/h3-4,7,10,17,19,25H,2,5-6,8-9,11-16,18H2,1H3,(H2,26,27,28,29);3-4,11H,2,5-10H2,1H3;3-4,11H,2,5-10,15H2,1H3;5,8-9,13H,1-4,6-7H2;1-7H2;2-4,9H,1H3;4H,1-3H3;1H. The minimum absolute atomic E-state index is 0. The van der Waals surface area contributed by atoms with E-state index >= 15 is 0 Å². The summed E-state index contributed by atoms with van der Waals surface area (Å²) in [5.74, 6) is 7.46. The number of nitrogens with zero attached hydrogens (tertiary/aromatic N) is 10. The van der Waals surface area contributed by atoms with E-state index < -0.39 is 9.85 Å². The minimum Gasteiger partial charge on any atom is -0.504 e. The monoisotopic (exact) mass is 1710 g/mol. The van der Waals surface area contributed by atoms with Crippen LogP contribution in [-0.2, 0) is 34.9 Å². The summed E-state index contributed by atoms with van der Waals surface area (Å²) in [6.45, 7) is 32.0. The number of nitrogens with two attached hydrogens (primary N) is 1. The van der Waals surface area contributed by atoms with Crippen molar-refractivity contribution in [3.63, 3.8) is 0 Å². The van der Waals surface area contributed by atoms with Crippen LogP contribution in [0.3, 0.4) is 0 Å². The van der Waals surface area contributed by atoms with Gasteiger partial charge in [0.1, 0.15) is 11.4 Å². The highest BCUT2D eigenvalue weighted by Crippen LogP contribution is 2.34. The first-order chi connectivity index (χ1) is 56.8. The van der Waals surface area contributed by atoms with E-state index in [4.69, 9.17) is 86.1 Å². The lowest BCUT2D eigenvalue weighted by Gasteiger charge is -2.26. The van der Waals surface area contributed by atoms with Gasteiger partial charge in [-0.25, -0.2) is 15.0 Å². The van der Waals surface area contributed by atoms with Crippen LogP contribution in [-0.4, -0.2) is 285 Å². The molecule has 33 nitrogen and oxygen atoms in total. The number of aromatic nitrogens is 4. The Balaban J connectivity index is 0.000000258. The fraction of sp³-hybridized carbons (Fsp3) is 0.598. The number of piperidine rings is 2. The SMILES string of the molecule is CC(C)(C)OC=O.COc1ccc(N)cc1OCCCN1CCOCC1.COc1ccc(Nc2nccc(NCC3CCNCC3)n2)cc1OCCCN1CCOCC1.COc1ccc([N+](=O)[O-])cc1O.COc1ccc([N+](=O)[O-])cc1OCCCN1CCOCC1.Cl.ClCCCN1CCOCC1.Clc1nccc(CCC2CCNCC2)n1. The van der Waals surface area contributed by atoms with Gasteiger partial charge in [0.05, 0.1) is 123 Å². The third-order valence-electron chi connectivity index (χ3n) is 19.0. The highest BCUT2D eigenvalue weighted by atomic mass is 35.5. The van der Waals surface area contributed by atoms with Gasteiger partial charge >= 0.3 is 0 Å². The summed E-state index contributed by atoms with van der Waals surface area (Å²) in [7, 11) is 6.18. The highest BCUT2D eigenvalue weighted by Gasteiger charge is 2.20. The van der Waals surface area contributed by atoms with Crippen LogP contribution < -0.4 is 60.2 Å². The molecule has 118 heavy (non-hydrogen) atoms. The van der Waals surface area contributed by atoms with E-state index in [1.807, 2.05) is 57.2 Å². The van der Waals surface area contributed by atoms with E-state index in [1.165, 1.54) is 70.6 Å². The van der Waals surface area contributed by atoms with Crippen molar-refractivity contribution in [3.8, 4) is 46.0 Å². The van der Waals surface area contributed by atoms with E-state index in [0.29, 0.717) is 77.9 Å². The largest absolute Gasteiger partial charge is 0.504 e. The molecule has 0 atom stereocenters. The van der Waals surface area contributed by atoms with Crippen LogP contribution in [0.2, 0.25) is 5.28 Å². The predicted molar refractivity (Wildman–Crippen MR) is 461 cm³/mol. The smallest absolute Gasteiger partial charge is 0.293 e. The number of rotatable bonds is 33. The van der Waals surface area contributed by atoms with Gasteiger partial charge in [-0.05, 0) is 190 Å². The van der Waals surface area contributed by atoms with Gasteiger partial charge in [-0.2, -0.15) is 4.98 Å². The summed E-state index contributed by atoms with van der Waals surface area (Å²) in [5.41, 5.74) is 7.87. The number of nitro groups is 2. The zero-order valence-corrected chi connectivity index (χ0v) is 72.0. The van der Waals surface area contributed by atoms with Crippen molar-refractivity contribution in [2.75, 3.05) is 235 Å². The summed E-state index contributed by atoms with van der Waals surface area (Å²) in [5, 5.41) is 44.0. The number of methoxy groups -OCH3 is 4. The molecule has 0 unspecified atom stereocenters. The number of carbonyl (C=O) groups excluding carboxylic acids is 1. The van der Waals surface area contributed by atoms with Crippen LogP contribution in [0.5, 0.6) is 46.0 Å². The van der Waals surface area contributed by atoms with Gasteiger partial charge in [0.15, 0.2) is 46.0 Å². The van der Waals surface area contributed by atoms with Gasteiger partial charge in [0.2, 0.25) is 11.2 Å². The third kappa shape index (κ3) is 42.0. The van der Waals surface area contributed by atoms with Gasteiger partial charge in [-0.15, -0.1) is 24.0 Å². The Labute approximate surface area is 711 Å². The first-order valence-electron chi connectivity index (χ1n) is 40.2. The van der Waals surface area contributed by atoms with Crippen LogP contribution >= 0.6 is 35.6 Å². The van der Waals surface area contributed by atoms with Crippen LogP contribution in [0.4, 0.5) is 34.5 Å². The molecule has 6 aliphatic rings. The lowest BCUT2D eigenvalue weighted by Crippen LogP contribution is -2.37. The molecule has 0 bridgehead atoms. The maximum absolute atomic E-state index is 10.8. The van der Waals surface area contributed by atoms with Crippen molar-refractivity contribution < 1.29 is 76.6 Å². The molecule has 12 rings (SSSR count). The number of halogens is 3. The van der Waals surface area contributed by atoms with Gasteiger partial charge in [-0.1, -0.05) is 0 Å². The molecule has 36 heteroatoms. The number of alkyl halides is 1. The molecule has 658 valence electrons. The Hall–Kier alpha value is -8.42. The number of ether oxygens (including phenoxy) is 12. The van der Waals surface area contributed by atoms with E-state index in [-0.39, 0.29) is 40.9 Å². The number of nitrogens with one attached hydrogen (secondary N) is 4. The van der Waals surface area contributed by atoms with Gasteiger partial charge in [0.25, 0.3) is 17.8 Å². The number of nitro benzene ring substituents is 2. The first-order valence-corrected chi connectivity index (χ1v) is 41.1. The van der Waals surface area contributed by atoms with Gasteiger partial charge in [-0.3, -0.25) is 44.6 Å². The topological polar surface area (TPSA) is 373 Å². The number of morpholine rings is 4. The lowest BCUT2D eigenvalue weighted by molar-refractivity contribution is -0.385. The maximum atomic E-state index is 10.8. The van der Waals surface area contributed by atoms with Crippen molar-refractivity contribution in [1.82, 2.24) is 50.2 Å². The lowest BCUT2D eigenvalue weighted by atomic mass is 9.92. The van der Waals surface area contributed by atoms with Crippen molar-refractivity contribution >= 4 is 76.6 Å². The predicted octanol–water partition coefficient (Wildman–Crippen LogP) is 11.5. The molecule has 0 amide bonds. The van der Waals surface area contributed by atoms with Crippen LogP contribution in [0, 0.1) is 32.1 Å². The zero-order chi connectivity index (χ0) is 84.1. The quantitative estimate of drug-likeness (QED) is 0.00424. The Morgan fingerprint density at radius 2 is 1.00 bits per heavy atom. The molecule has 6 fully saturated rings. The number of aryl methyl sites for hydroxylation is 1. The molecule has 0 saturated carbocycles. The molecule has 0 radical (unpaired) electrons. The fourth-order valence-corrected chi connectivity index (χ4v) is 12.8. The molecule has 8 heterocycles. The summed E-state index contributed by atoms with van der Waals surface area (Å²) >= 11 is 11.3. The van der Waals surface area contributed by atoms with Crippen molar-refractivity contribution in [2.24, 2.45) is 11.8 Å². The number of carbonyl (C=O) groups is 1. The first kappa shape index (κ1) is 100. The van der Waals surface area contributed by atoms with Crippen molar-refractivity contribution in [2.45, 2.75) is 90.6 Å². The Kier molecular flexibility index (Phi) is 50.3.